The molecule has 2 amide bonds. The van der Waals surface area contributed by atoms with Crippen LogP contribution in [0.4, 0.5) is 17.1 Å². The Kier molecular flexibility index (Phi) is 5.76. The van der Waals surface area contributed by atoms with Crippen molar-refractivity contribution in [3.05, 3.63) is 94.1 Å². The van der Waals surface area contributed by atoms with Crippen molar-refractivity contribution >= 4 is 46.1 Å². The highest BCUT2D eigenvalue weighted by Crippen LogP contribution is 2.35. The molecule has 162 valence electrons. The summed E-state index contributed by atoms with van der Waals surface area (Å²) in [5.41, 5.74) is 5.61. The third-order valence-electron chi connectivity index (χ3n) is 5.62. The summed E-state index contributed by atoms with van der Waals surface area (Å²) in [6.07, 6.45) is 0. The van der Waals surface area contributed by atoms with Crippen LogP contribution in [0.1, 0.15) is 16.7 Å². The van der Waals surface area contributed by atoms with E-state index in [0.717, 1.165) is 22.5 Å². The lowest BCUT2D eigenvalue weighted by Crippen LogP contribution is -2.32. The predicted octanol–water partition coefficient (Wildman–Crippen LogP) is 5.42. The molecule has 0 bridgehead atoms. The van der Waals surface area contributed by atoms with Gasteiger partial charge in [0.25, 0.3) is 11.8 Å². The zero-order valence-electron chi connectivity index (χ0n) is 18.4. The standard InChI is InChI=1S/C26H24ClN3O2/c1-16-5-12-22(15-17(16)2)30-25(31)23(18-6-8-19(27)9-7-18)24(26(30)32)28-20-10-13-21(14-11-20)29(3)4/h5-15,28H,1-4H3. The molecule has 5 nitrogen and oxygen atoms in total. The Balaban J connectivity index is 1.78. The van der Waals surface area contributed by atoms with Crippen LogP contribution in [0.15, 0.2) is 72.4 Å². The smallest absolute Gasteiger partial charge is 0.282 e. The largest absolute Gasteiger partial charge is 0.378 e. The molecule has 0 radical (unpaired) electrons. The van der Waals surface area contributed by atoms with Crippen molar-refractivity contribution in [3.63, 3.8) is 0 Å². The molecular formula is C26H24ClN3O2. The number of amides is 2. The molecule has 4 rings (SSSR count). The van der Waals surface area contributed by atoms with Crippen molar-refractivity contribution in [1.82, 2.24) is 0 Å². The Morgan fingerprint density at radius 3 is 2.06 bits per heavy atom. The lowest BCUT2D eigenvalue weighted by Gasteiger charge is -2.17. The van der Waals surface area contributed by atoms with Crippen LogP contribution in [0.5, 0.6) is 0 Å². The van der Waals surface area contributed by atoms with Gasteiger partial charge in [-0.1, -0.05) is 29.8 Å². The number of halogens is 1. The highest BCUT2D eigenvalue weighted by molar-refractivity contribution is 6.46. The van der Waals surface area contributed by atoms with E-state index in [1.54, 1.807) is 30.3 Å². The number of nitrogens with one attached hydrogen (secondary N) is 1. The number of aryl methyl sites for hydroxylation is 2. The second-order valence-corrected chi connectivity index (χ2v) is 8.47. The Labute approximate surface area is 192 Å². The third kappa shape index (κ3) is 3.99. The summed E-state index contributed by atoms with van der Waals surface area (Å²) >= 11 is 6.05. The van der Waals surface area contributed by atoms with E-state index in [1.807, 2.05) is 69.2 Å². The molecule has 0 fully saturated rings. The maximum Gasteiger partial charge on any atom is 0.282 e. The van der Waals surface area contributed by atoms with Crippen molar-refractivity contribution in [3.8, 4) is 0 Å². The van der Waals surface area contributed by atoms with Gasteiger partial charge >= 0.3 is 0 Å². The Morgan fingerprint density at radius 1 is 0.812 bits per heavy atom. The first-order chi connectivity index (χ1) is 15.3. The molecule has 1 aliphatic heterocycles. The zero-order valence-corrected chi connectivity index (χ0v) is 19.2. The van der Waals surface area contributed by atoms with Gasteiger partial charge in [-0.3, -0.25) is 9.59 Å². The lowest BCUT2D eigenvalue weighted by atomic mass is 10.0. The number of carbonyl (C=O) groups excluding carboxylic acids is 2. The molecule has 0 atom stereocenters. The second-order valence-electron chi connectivity index (χ2n) is 8.04. The molecule has 0 aromatic heterocycles. The minimum atomic E-state index is -0.389. The number of imide groups is 1. The van der Waals surface area contributed by atoms with E-state index in [4.69, 9.17) is 11.6 Å². The number of carbonyl (C=O) groups is 2. The van der Waals surface area contributed by atoms with Crippen LogP contribution in [-0.2, 0) is 9.59 Å². The van der Waals surface area contributed by atoms with Crippen LogP contribution >= 0.6 is 11.6 Å². The monoisotopic (exact) mass is 445 g/mol. The summed E-state index contributed by atoms with van der Waals surface area (Å²) in [4.78, 5) is 30.2. The molecule has 32 heavy (non-hydrogen) atoms. The molecule has 3 aromatic carbocycles. The molecule has 1 heterocycles. The number of nitrogens with zero attached hydrogens (tertiary/aromatic N) is 2. The van der Waals surface area contributed by atoms with E-state index in [1.165, 1.54) is 4.90 Å². The van der Waals surface area contributed by atoms with Crippen LogP contribution in [0.25, 0.3) is 5.57 Å². The maximum atomic E-state index is 13.5. The minimum absolute atomic E-state index is 0.244. The molecule has 0 unspecified atom stereocenters. The van der Waals surface area contributed by atoms with Gasteiger partial charge in [0.05, 0.1) is 11.3 Å². The van der Waals surface area contributed by atoms with Gasteiger partial charge in [0, 0.05) is 30.5 Å². The Morgan fingerprint density at radius 2 is 1.47 bits per heavy atom. The predicted molar refractivity (Wildman–Crippen MR) is 131 cm³/mol. The van der Waals surface area contributed by atoms with Gasteiger partial charge in [-0.15, -0.1) is 0 Å². The normalized spacial score (nSPS) is 13.7. The van der Waals surface area contributed by atoms with Gasteiger partial charge in [-0.25, -0.2) is 4.90 Å². The number of rotatable bonds is 5. The molecule has 1 N–H and O–H groups in total. The highest BCUT2D eigenvalue weighted by atomic mass is 35.5. The molecular weight excluding hydrogens is 422 g/mol. The molecule has 0 aliphatic carbocycles. The van der Waals surface area contributed by atoms with E-state index in [-0.39, 0.29) is 17.5 Å². The summed E-state index contributed by atoms with van der Waals surface area (Å²) in [5, 5.41) is 3.75. The number of hydrogen-bond acceptors (Lipinski definition) is 4. The lowest BCUT2D eigenvalue weighted by molar-refractivity contribution is -0.120. The number of benzene rings is 3. The SMILES string of the molecule is Cc1ccc(N2C(=O)C(Nc3ccc(N(C)C)cc3)=C(c3ccc(Cl)cc3)C2=O)cc1C. The molecule has 0 saturated heterocycles. The number of hydrogen-bond donors (Lipinski definition) is 1. The van der Waals surface area contributed by atoms with Gasteiger partial charge < -0.3 is 10.2 Å². The molecule has 6 heteroatoms. The van der Waals surface area contributed by atoms with Crippen LogP contribution in [0, 0.1) is 13.8 Å². The van der Waals surface area contributed by atoms with Gasteiger partial charge in [0.15, 0.2) is 0 Å². The second kappa shape index (κ2) is 8.52. The fraction of sp³-hybridized carbons (Fsp3) is 0.154. The topological polar surface area (TPSA) is 52.7 Å². The van der Waals surface area contributed by atoms with Crippen LogP contribution in [0.2, 0.25) is 5.02 Å². The Bertz CT molecular complexity index is 1230. The van der Waals surface area contributed by atoms with Crippen LogP contribution < -0.4 is 15.1 Å². The highest BCUT2D eigenvalue weighted by Gasteiger charge is 2.40. The average Bonchev–Trinajstić information content (AvgIpc) is 3.01. The molecule has 1 aliphatic rings. The van der Waals surface area contributed by atoms with Crippen molar-refractivity contribution in [2.45, 2.75) is 13.8 Å². The number of anilines is 3. The van der Waals surface area contributed by atoms with Gasteiger partial charge in [0.1, 0.15) is 5.70 Å². The van der Waals surface area contributed by atoms with E-state index >= 15 is 0 Å². The zero-order chi connectivity index (χ0) is 23.0. The van der Waals surface area contributed by atoms with Crippen molar-refractivity contribution in [2.75, 3.05) is 29.2 Å². The summed E-state index contributed by atoms with van der Waals surface area (Å²) in [5.74, 6) is -0.757. The van der Waals surface area contributed by atoms with Crippen molar-refractivity contribution < 1.29 is 9.59 Å². The first-order valence-electron chi connectivity index (χ1n) is 10.3. The quantitative estimate of drug-likeness (QED) is 0.533. The summed E-state index contributed by atoms with van der Waals surface area (Å²) < 4.78 is 0. The average molecular weight is 446 g/mol. The maximum absolute atomic E-state index is 13.5. The van der Waals surface area contributed by atoms with Crippen LogP contribution in [-0.4, -0.2) is 25.9 Å². The fourth-order valence-corrected chi connectivity index (χ4v) is 3.74. The van der Waals surface area contributed by atoms with Gasteiger partial charge in [-0.2, -0.15) is 0 Å². The summed E-state index contributed by atoms with van der Waals surface area (Å²) in [7, 11) is 3.93. The molecule has 0 saturated carbocycles. The first-order valence-corrected chi connectivity index (χ1v) is 10.6. The Hall–Kier alpha value is -3.57. The molecule has 0 spiro atoms. The van der Waals surface area contributed by atoms with Gasteiger partial charge in [0.2, 0.25) is 0 Å². The van der Waals surface area contributed by atoms with Crippen LogP contribution in [0.3, 0.4) is 0 Å². The van der Waals surface area contributed by atoms with Gasteiger partial charge in [-0.05, 0) is 79.1 Å². The van der Waals surface area contributed by atoms with E-state index in [9.17, 15) is 9.59 Å². The molecule has 3 aromatic rings. The van der Waals surface area contributed by atoms with E-state index < -0.39 is 0 Å². The minimum Gasteiger partial charge on any atom is -0.378 e. The first kappa shape index (κ1) is 21.7. The summed E-state index contributed by atoms with van der Waals surface area (Å²) in [6, 6.07) is 20.2. The summed E-state index contributed by atoms with van der Waals surface area (Å²) in [6.45, 7) is 3.96. The van der Waals surface area contributed by atoms with Crippen molar-refractivity contribution in [2.24, 2.45) is 0 Å². The van der Waals surface area contributed by atoms with E-state index in [2.05, 4.69) is 5.32 Å². The van der Waals surface area contributed by atoms with E-state index in [0.29, 0.717) is 21.8 Å². The van der Waals surface area contributed by atoms with Crippen molar-refractivity contribution in [1.29, 1.82) is 0 Å². The third-order valence-corrected chi connectivity index (χ3v) is 5.87. The fourth-order valence-electron chi connectivity index (χ4n) is 3.62.